The summed E-state index contributed by atoms with van der Waals surface area (Å²) in [5.74, 6) is 0.276. The Balaban J connectivity index is 1.50. The van der Waals surface area contributed by atoms with Crippen LogP contribution in [-0.4, -0.2) is 25.2 Å². The van der Waals surface area contributed by atoms with Crippen LogP contribution in [0.25, 0.3) is 0 Å². The Hall–Kier alpha value is -2.87. The van der Waals surface area contributed by atoms with Crippen LogP contribution in [0.3, 0.4) is 0 Å². The number of nitrogens with zero attached hydrogens (tertiary/aromatic N) is 1. The molecule has 3 aromatic carbocycles. The summed E-state index contributed by atoms with van der Waals surface area (Å²) in [5.41, 5.74) is 2.74. The third-order valence-corrected chi connectivity index (χ3v) is 7.42. The Morgan fingerprint density at radius 3 is 2.57 bits per heavy atom. The highest BCUT2D eigenvalue weighted by molar-refractivity contribution is 7.89. The number of amides is 1. The number of halogens is 1. The topological polar surface area (TPSA) is 75.7 Å². The third-order valence-electron chi connectivity index (χ3n) is 5.34. The maximum absolute atomic E-state index is 13.3. The number of carbonyl (C=O) groups excluding carboxylic acids is 1. The van der Waals surface area contributed by atoms with Crippen LogP contribution in [0.15, 0.2) is 65.6 Å². The number of hydrogen-bond donors (Lipinski definition) is 1. The van der Waals surface area contributed by atoms with Gasteiger partial charge in [-0.25, -0.2) is 8.42 Å². The molecule has 0 spiro atoms. The molecule has 3 aromatic rings. The molecule has 8 heteroatoms. The van der Waals surface area contributed by atoms with Gasteiger partial charge in [-0.2, -0.15) is 4.31 Å². The van der Waals surface area contributed by atoms with Crippen molar-refractivity contribution in [3.63, 3.8) is 0 Å². The number of nitrogens with one attached hydrogen (secondary N) is 1. The van der Waals surface area contributed by atoms with E-state index in [1.54, 1.807) is 18.2 Å². The molecule has 152 valence electrons. The van der Waals surface area contributed by atoms with E-state index in [1.165, 1.54) is 22.5 Å². The summed E-state index contributed by atoms with van der Waals surface area (Å²) in [7, 11) is -3.77. The average molecular weight is 441 g/mol. The third kappa shape index (κ3) is 3.25. The summed E-state index contributed by atoms with van der Waals surface area (Å²) in [5, 5.41) is 3.19. The van der Waals surface area contributed by atoms with Crippen LogP contribution < -0.4 is 10.1 Å². The average Bonchev–Trinajstić information content (AvgIpc) is 2.88. The summed E-state index contributed by atoms with van der Waals surface area (Å²) in [6, 6.07) is 17.1. The van der Waals surface area contributed by atoms with Gasteiger partial charge < -0.3 is 10.1 Å². The highest BCUT2D eigenvalue weighted by Crippen LogP contribution is 2.38. The molecule has 0 unspecified atom stereocenters. The van der Waals surface area contributed by atoms with E-state index in [9.17, 15) is 13.2 Å². The molecule has 2 aliphatic heterocycles. The fourth-order valence-corrected chi connectivity index (χ4v) is 5.37. The Kier molecular flexibility index (Phi) is 4.54. The van der Waals surface area contributed by atoms with Crippen molar-refractivity contribution in [2.24, 2.45) is 0 Å². The molecular weight excluding hydrogens is 424 g/mol. The van der Waals surface area contributed by atoms with Crippen LogP contribution in [0.5, 0.6) is 11.5 Å². The minimum Gasteiger partial charge on any atom is -0.454 e. The van der Waals surface area contributed by atoms with Gasteiger partial charge in [0.25, 0.3) is 5.91 Å². The first kappa shape index (κ1) is 19.1. The molecule has 2 aliphatic rings. The van der Waals surface area contributed by atoms with Crippen molar-refractivity contribution in [3.8, 4) is 11.5 Å². The lowest BCUT2D eigenvalue weighted by atomic mass is 10.0. The van der Waals surface area contributed by atoms with E-state index < -0.39 is 15.9 Å². The standard InChI is InChI=1S/C22H17ClN2O4S/c23-16-5-7-21-19(11-16)24-22(26)18-12-17(6-8-20(18)29-21)30(27,28)25-10-9-14-3-1-2-4-15(14)13-25/h1-8,11-12H,9-10,13H2,(H,24,26). The molecular formula is C22H17ClN2O4S. The Morgan fingerprint density at radius 1 is 0.967 bits per heavy atom. The summed E-state index contributed by atoms with van der Waals surface area (Å²) >= 11 is 6.00. The molecule has 0 fully saturated rings. The maximum atomic E-state index is 13.3. The molecule has 0 saturated carbocycles. The van der Waals surface area contributed by atoms with E-state index in [2.05, 4.69) is 5.32 Å². The first-order valence-electron chi connectivity index (χ1n) is 9.41. The van der Waals surface area contributed by atoms with Crippen molar-refractivity contribution in [3.05, 3.63) is 82.4 Å². The Morgan fingerprint density at radius 2 is 1.73 bits per heavy atom. The van der Waals surface area contributed by atoms with Crippen LogP contribution >= 0.6 is 11.6 Å². The summed E-state index contributed by atoms with van der Waals surface area (Å²) in [4.78, 5) is 12.8. The molecule has 0 bridgehead atoms. The zero-order valence-corrected chi connectivity index (χ0v) is 17.3. The molecule has 5 rings (SSSR count). The van der Waals surface area contributed by atoms with Crippen molar-refractivity contribution in [2.45, 2.75) is 17.9 Å². The van der Waals surface area contributed by atoms with Gasteiger partial charge in [-0.15, -0.1) is 0 Å². The smallest absolute Gasteiger partial charge is 0.259 e. The van der Waals surface area contributed by atoms with Gasteiger partial charge in [0.05, 0.1) is 16.1 Å². The fraction of sp³-hybridized carbons (Fsp3) is 0.136. The predicted octanol–water partition coefficient (Wildman–Crippen LogP) is 4.45. The van der Waals surface area contributed by atoms with Crippen molar-refractivity contribution < 1.29 is 17.9 Å². The van der Waals surface area contributed by atoms with Gasteiger partial charge in [-0.05, 0) is 53.9 Å². The van der Waals surface area contributed by atoms with Gasteiger partial charge in [0.1, 0.15) is 5.75 Å². The molecule has 0 aliphatic carbocycles. The number of benzene rings is 3. The molecule has 6 nitrogen and oxygen atoms in total. The molecule has 1 N–H and O–H groups in total. The van der Waals surface area contributed by atoms with Gasteiger partial charge in [-0.3, -0.25) is 4.79 Å². The fourth-order valence-electron chi connectivity index (χ4n) is 3.76. The van der Waals surface area contributed by atoms with E-state index in [1.807, 2.05) is 24.3 Å². The second-order valence-electron chi connectivity index (χ2n) is 7.21. The summed E-state index contributed by atoms with van der Waals surface area (Å²) < 4.78 is 33.8. The van der Waals surface area contributed by atoms with Crippen LogP contribution in [0.2, 0.25) is 5.02 Å². The highest BCUT2D eigenvalue weighted by atomic mass is 35.5. The Bertz CT molecular complexity index is 1290. The minimum atomic E-state index is -3.77. The minimum absolute atomic E-state index is 0.0587. The number of carbonyl (C=O) groups is 1. The van der Waals surface area contributed by atoms with Gasteiger partial charge in [-0.1, -0.05) is 35.9 Å². The van der Waals surface area contributed by atoms with Gasteiger partial charge in [0.2, 0.25) is 10.0 Å². The van der Waals surface area contributed by atoms with Crippen molar-refractivity contribution in [1.82, 2.24) is 4.31 Å². The van der Waals surface area contributed by atoms with Gasteiger partial charge >= 0.3 is 0 Å². The first-order chi connectivity index (χ1) is 14.4. The van der Waals surface area contributed by atoms with E-state index >= 15 is 0 Å². The monoisotopic (exact) mass is 440 g/mol. The predicted molar refractivity (Wildman–Crippen MR) is 114 cm³/mol. The summed E-state index contributed by atoms with van der Waals surface area (Å²) in [6.07, 6.45) is 0.653. The van der Waals surface area contributed by atoms with Crippen LogP contribution in [0, 0.1) is 0 Å². The number of anilines is 1. The SMILES string of the molecule is O=C1Nc2cc(Cl)ccc2Oc2ccc(S(=O)(=O)N3CCc4ccccc4C3)cc21. The zero-order valence-electron chi connectivity index (χ0n) is 15.8. The number of hydrogen-bond acceptors (Lipinski definition) is 4. The molecule has 0 radical (unpaired) electrons. The summed E-state index contributed by atoms with van der Waals surface area (Å²) in [6.45, 7) is 0.700. The Labute approximate surface area is 179 Å². The molecule has 2 heterocycles. The maximum Gasteiger partial charge on any atom is 0.259 e. The number of sulfonamides is 1. The lowest BCUT2D eigenvalue weighted by Crippen LogP contribution is -2.36. The van der Waals surface area contributed by atoms with Gasteiger partial charge in [0, 0.05) is 18.1 Å². The van der Waals surface area contributed by atoms with E-state index in [0.717, 1.165) is 11.1 Å². The molecule has 0 saturated heterocycles. The van der Waals surface area contributed by atoms with Crippen LogP contribution in [-0.2, 0) is 23.0 Å². The number of rotatable bonds is 2. The normalized spacial score (nSPS) is 15.8. The molecule has 30 heavy (non-hydrogen) atoms. The van der Waals surface area contributed by atoms with E-state index in [0.29, 0.717) is 36.0 Å². The van der Waals surface area contributed by atoms with Gasteiger partial charge in [0.15, 0.2) is 5.75 Å². The van der Waals surface area contributed by atoms with Crippen molar-refractivity contribution in [1.29, 1.82) is 0 Å². The molecule has 0 atom stereocenters. The molecule has 1 amide bonds. The second-order valence-corrected chi connectivity index (χ2v) is 9.59. The van der Waals surface area contributed by atoms with Crippen molar-refractivity contribution in [2.75, 3.05) is 11.9 Å². The number of fused-ring (bicyclic) bond motifs is 3. The highest BCUT2D eigenvalue weighted by Gasteiger charge is 2.30. The van der Waals surface area contributed by atoms with Crippen LogP contribution in [0.4, 0.5) is 5.69 Å². The number of ether oxygens (including phenoxy) is 1. The van der Waals surface area contributed by atoms with Crippen molar-refractivity contribution >= 4 is 33.2 Å². The van der Waals surface area contributed by atoms with E-state index in [4.69, 9.17) is 16.3 Å². The largest absolute Gasteiger partial charge is 0.454 e. The molecule has 0 aromatic heterocycles. The van der Waals surface area contributed by atoms with E-state index in [-0.39, 0.29) is 16.2 Å². The second kappa shape index (κ2) is 7.12. The zero-order chi connectivity index (χ0) is 20.9. The van der Waals surface area contributed by atoms with Crippen LogP contribution in [0.1, 0.15) is 21.5 Å². The lowest BCUT2D eigenvalue weighted by Gasteiger charge is -2.28. The first-order valence-corrected chi connectivity index (χ1v) is 11.2. The lowest BCUT2D eigenvalue weighted by molar-refractivity contribution is 0.102. The quantitative estimate of drug-likeness (QED) is 0.639.